The third-order valence-corrected chi connectivity index (χ3v) is 3.50. The lowest BCUT2D eigenvalue weighted by atomic mass is 9.97. The molecule has 1 unspecified atom stereocenters. The fraction of sp³-hybridized carbons (Fsp3) is 0.867. The third-order valence-electron chi connectivity index (χ3n) is 3.24. The molecule has 0 heterocycles. The summed E-state index contributed by atoms with van der Waals surface area (Å²) in [4.78, 5) is 21.0. The molecule has 0 spiro atoms. The Morgan fingerprint density at radius 3 is 2.30 bits per heavy atom. The Kier molecular flexibility index (Phi) is 12.1. The van der Waals surface area contributed by atoms with Crippen LogP contribution in [0.2, 0.25) is 0 Å². The predicted octanol–water partition coefficient (Wildman–Crippen LogP) is 3.08. The topological polar surface area (TPSA) is 55.4 Å². The monoisotopic (exact) mass is 349 g/mol. The van der Waals surface area contributed by atoms with E-state index in [0.29, 0.717) is 11.2 Å². The molecule has 1 aliphatic carbocycles. The van der Waals surface area contributed by atoms with Crippen LogP contribution in [0.25, 0.3) is 0 Å². The van der Waals surface area contributed by atoms with Crippen molar-refractivity contribution in [3.05, 3.63) is 0 Å². The fourth-order valence-corrected chi connectivity index (χ4v) is 2.23. The lowest BCUT2D eigenvalue weighted by Gasteiger charge is -2.25. The first-order valence-corrected chi connectivity index (χ1v) is 8.54. The van der Waals surface area contributed by atoms with Crippen LogP contribution >= 0.6 is 15.9 Å². The van der Waals surface area contributed by atoms with Gasteiger partial charge in [0.15, 0.2) is 0 Å². The second-order valence-electron chi connectivity index (χ2n) is 5.49. The summed E-state index contributed by atoms with van der Waals surface area (Å²) >= 11 is 2.88. The number of hydrogen-bond donors (Lipinski definition) is 1. The van der Waals surface area contributed by atoms with Crippen LogP contribution in [-0.4, -0.2) is 36.8 Å². The maximum atomic E-state index is 11.9. The van der Waals surface area contributed by atoms with Gasteiger partial charge in [-0.2, -0.15) is 0 Å². The molecule has 0 bridgehead atoms. The first-order chi connectivity index (χ1) is 9.54. The summed E-state index contributed by atoms with van der Waals surface area (Å²) in [5, 5.41) is 3.50. The van der Waals surface area contributed by atoms with Crippen LogP contribution in [0.15, 0.2) is 0 Å². The Morgan fingerprint density at radius 2 is 1.90 bits per heavy atom. The molecule has 20 heavy (non-hydrogen) atoms. The number of halogens is 1. The number of hydrogen-bond acceptors (Lipinski definition) is 4. The Morgan fingerprint density at radius 1 is 1.35 bits per heavy atom. The maximum Gasteiger partial charge on any atom is 0.323 e. The standard InChI is InChI=1S/C13H25NO2.C2H3BrO/c1-10(2)9-12(14-3)13(15)16-11-7-5-4-6-8-11;3-1-2-4/h10-12,14H,4-9H2,1-3H3;2H,1H2. The van der Waals surface area contributed by atoms with Crippen LogP contribution in [-0.2, 0) is 14.3 Å². The Bertz CT molecular complexity index is 266. The number of esters is 1. The van der Waals surface area contributed by atoms with Crippen LogP contribution in [0.4, 0.5) is 0 Å². The Balaban J connectivity index is 0.000000796. The number of rotatable bonds is 6. The van der Waals surface area contributed by atoms with Gasteiger partial charge in [-0.3, -0.25) is 4.79 Å². The molecule has 1 rings (SSSR count). The minimum atomic E-state index is -0.137. The summed E-state index contributed by atoms with van der Waals surface area (Å²) in [6.45, 7) is 4.25. The molecule has 1 aliphatic rings. The SMILES string of the molecule is CNC(CC(C)C)C(=O)OC1CCCCC1.O=CCBr. The third kappa shape index (κ3) is 9.48. The average Bonchev–Trinajstić information content (AvgIpc) is 2.45. The van der Waals surface area contributed by atoms with Gasteiger partial charge in [0.05, 0.1) is 5.33 Å². The number of nitrogens with one attached hydrogen (secondary N) is 1. The molecular weight excluding hydrogens is 322 g/mol. The maximum absolute atomic E-state index is 11.9. The van der Waals surface area contributed by atoms with Gasteiger partial charge in [-0.25, -0.2) is 0 Å². The molecule has 118 valence electrons. The molecule has 0 radical (unpaired) electrons. The number of ether oxygens (including phenoxy) is 1. The Hall–Kier alpha value is -0.420. The quantitative estimate of drug-likeness (QED) is 0.454. The minimum absolute atomic E-state index is 0.0666. The highest BCUT2D eigenvalue weighted by Crippen LogP contribution is 2.21. The molecule has 4 nitrogen and oxygen atoms in total. The molecule has 0 aromatic rings. The first-order valence-electron chi connectivity index (χ1n) is 7.42. The van der Waals surface area contributed by atoms with Gasteiger partial charge in [-0.1, -0.05) is 36.2 Å². The van der Waals surface area contributed by atoms with E-state index in [1.807, 2.05) is 7.05 Å². The summed E-state index contributed by atoms with van der Waals surface area (Å²) in [5.74, 6) is 0.444. The van der Waals surface area contributed by atoms with Gasteiger partial charge in [0.2, 0.25) is 0 Å². The van der Waals surface area contributed by atoms with E-state index in [1.54, 1.807) is 0 Å². The van der Waals surface area contributed by atoms with E-state index in [0.717, 1.165) is 25.5 Å². The fourth-order valence-electron chi connectivity index (χ4n) is 2.23. The summed E-state index contributed by atoms with van der Waals surface area (Å²) in [6, 6.07) is -0.137. The predicted molar refractivity (Wildman–Crippen MR) is 85.1 cm³/mol. The van der Waals surface area contributed by atoms with Gasteiger partial charge in [0.25, 0.3) is 0 Å². The number of aldehydes is 1. The highest BCUT2D eigenvalue weighted by molar-refractivity contribution is 9.09. The second-order valence-corrected chi connectivity index (χ2v) is 6.14. The highest BCUT2D eigenvalue weighted by atomic mass is 79.9. The van der Waals surface area contributed by atoms with Crippen LogP contribution < -0.4 is 5.32 Å². The van der Waals surface area contributed by atoms with E-state index in [2.05, 4.69) is 35.1 Å². The van der Waals surface area contributed by atoms with Gasteiger partial charge >= 0.3 is 5.97 Å². The smallest absolute Gasteiger partial charge is 0.323 e. The van der Waals surface area contributed by atoms with E-state index in [9.17, 15) is 4.79 Å². The number of alkyl halides is 1. The van der Waals surface area contributed by atoms with Crippen molar-refractivity contribution in [2.45, 2.75) is 64.5 Å². The van der Waals surface area contributed by atoms with Crippen LogP contribution in [0.5, 0.6) is 0 Å². The van der Waals surface area contributed by atoms with E-state index in [1.165, 1.54) is 19.3 Å². The van der Waals surface area contributed by atoms with E-state index >= 15 is 0 Å². The molecule has 0 amide bonds. The minimum Gasteiger partial charge on any atom is -0.461 e. The van der Waals surface area contributed by atoms with Crippen LogP contribution in [0.3, 0.4) is 0 Å². The molecule has 1 N–H and O–H groups in total. The lowest BCUT2D eigenvalue weighted by Crippen LogP contribution is -2.39. The van der Waals surface area contributed by atoms with Crippen molar-refractivity contribution in [1.82, 2.24) is 5.32 Å². The van der Waals surface area contributed by atoms with Gasteiger partial charge < -0.3 is 14.8 Å². The van der Waals surface area contributed by atoms with E-state index in [-0.39, 0.29) is 18.1 Å². The van der Waals surface area contributed by atoms with E-state index < -0.39 is 0 Å². The molecule has 0 aliphatic heterocycles. The largest absolute Gasteiger partial charge is 0.461 e. The molecule has 1 atom stereocenters. The highest BCUT2D eigenvalue weighted by Gasteiger charge is 2.23. The van der Waals surface area contributed by atoms with Crippen molar-refractivity contribution in [3.63, 3.8) is 0 Å². The Labute approximate surface area is 131 Å². The molecule has 0 aromatic carbocycles. The molecule has 5 heteroatoms. The molecular formula is C15H28BrNO3. The van der Waals surface area contributed by atoms with Crippen molar-refractivity contribution in [2.75, 3.05) is 12.4 Å². The summed E-state index contributed by atoms with van der Waals surface area (Å²) in [5.41, 5.74) is 0. The normalized spacial score (nSPS) is 17.1. The number of carbonyl (C=O) groups is 2. The molecule has 0 aromatic heterocycles. The molecule has 0 saturated heterocycles. The van der Waals surface area contributed by atoms with Gasteiger partial charge in [0.1, 0.15) is 18.4 Å². The lowest BCUT2D eigenvalue weighted by molar-refractivity contribution is -0.153. The molecule has 1 fully saturated rings. The van der Waals surface area contributed by atoms with E-state index in [4.69, 9.17) is 9.53 Å². The summed E-state index contributed by atoms with van der Waals surface area (Å²) < 4.78 is 5.54. The zero-order valence-corrected chi connectivity index (χ0v) is 14.4. The zero-order valence-electron chi connectivity index (χ0n) is 12.9. The van der Waals surface area contributed by atoms with Gasteiger partial charge in [-0.15, -0.1) is 0 Å². The van der Waals surface area contributed by atoms with Crippen molar-refractivity contribution >= 4 is 28.2 Å². The van der Waals surface area contributed by atoms with Crippen molar-refractivity contribution in [3.8, 4) is 0 Å². The van der Waals surface area contributed by atoms with Gasteiger partial charge in [0, 0.05) is 0 Å². The second kappa shape index (κ2) is 12.3. The van der Waals surface area contributed by atoms with Crippen LogP contribution in [0.1, 0.15) is 52.4 Å². The molecule has 1 saturated carbocycles. The first kappa shape index (κ1) is 19.6. The van der Waals surface area contributed by atoms with Crippen molar-refractivity contribution in [1.29, 1.82) is 0 Å². The van der Waals surface area contributed by atoms with Gasteiger partial charge in [-0.05, 0) is 45.1 Å². The van der Waals surface area contributed by atoms with Crippen molar-refractivity contribution < 1.29 is 14.3 Å². The summed E-state index contributed by atoms with van der Waals surface area (Å²) in [6.07, 6.45) is 7.59. The van der Waals surface area contributed by atoms with Crippen molar-refractivity contribution in [2.24, 2.45) is 5.92 Å². The zero-order chi connectivity index (χ0) is 15.4. The van der Waals surface area contributed by atoms with Crippen LogP contribution in [0, 0.1) is 5.92 Å². The number of likely N-dealkylation sites (N-methyl/N-ethyl adjacent to an activating group) is 1. The number of carbonyl (C=O) groups excluding carboxylic acids is 2. The summed E-state index contributed by atoms with van der Waals surface area (Å²) in [7, 11) is 1.83. The average molecular weight is 350 g/mol.